The Bertz CT molecular complexity index is 67.8. The molecule has 0 aliphatic carbocycles. The van der Waals surface area contributed by atoms with Crippen molar-refractivity contribution in [2.75, 3.05) is 0 Å². The molecular weight excluding hydrogens is 170 g/mol. The Hall–Kier alpha value is 0.340. The highest BCUT2D eigenvalue weighted by molar-refractivity contribution is 7.46. The Morgan fingerprint density at radius 2 is 1.38 bits per heavy atom. The van der Waals surface area contributed by atoms with Gasteiger partial charge in [-0.05, 0) is 0 Å². The Labute approximate surface area is 44.6 Å². The Morgan fingerprint density at radius 3 is 1.38 bits per heavy atom. The van der Waals surface area contributed by atoms with Gasteiger partial charge in [0.25, 0.3) is 9.20 Å². The summed E-state index contributed by atoms with van der Waals surface area (Å²) in [6.07, 6.45) is 0. The zero-order valence-electron chi connectivity index (χ0n) is 3.31. The normalized spacial score (nSPS) is 9.62. The molecule has 52 valence electrons. The lowest BCUT2D eigenvalue weighted by Crippen LogP contribution is -1.45. The topological polar surface area (TPSA) is 37.3 Å². The van der Waals surface area contributed by atoms with Crippen LogP contribution in [0.5, 0.6) is 0 Å². The van der Waals surface area contributed by atoms with E-state index in [-0.39, 0.29) is 0 Å². The highest BCUT2D eigenvalue weighted by atomic mass is 31.2. The molecule has 0 rings (SSSR count). The van der Waals surface area contributed by atoms with Gasteiger partial charge in [0.2, 0.25) is 0 Å². The summed E-state index contributed by atoms with van der Waals surface area (Å²) < 4.78 is 48.0. The second-order valence-corrected chi connectivity index (χ2v) is 1.52. The van der Waals surface area contributed by atoms with Crippen LogP contribution in [0.2, 0.25) is 0 Å². The Morgan fingerprint density at radius 1 is 1.38 bits per heavy atom. The summed E-state index contributed by atoms with van der Waals surface area (Å²) >= 11 is 0. The number of hydrogen-bond donors (Lipinski definition) is 1. The van der Waals surface area contributed by atoms with Gasteiger partial charge in [-0.2, -0.15) is 8.39 Å². The van der Waals surface area contributed by atoms with Crippen molar-refractivity contribution in [3.8, 4) is 0 Å². The summed E-state index contributed by atoms with van der Waals surface area (Å²) in [5.41, 5.74) is 0. The molecule has 0 saturated carbocycles. The van der Waals surface area contributed by atoms with Crippen molar-refractivity contribution in [3.63, 3.8) is 0 Å². The van der Waals surface area contributed by atoms with Gasteiger partial charge in [0.15, 0.2) is 0 Å². The summed E-state index contributed by atoms with van der Waals surface area (Å²) in [4.78, 5) is 6.74. The van der Waals surface area contributed by atoms with Crippen LogP contribution in [0.25, 0.3) is 0 Å². The molecule has 8 heteroatoms. The molecule has 2 nitrogen and oxygen atoms in total. The van der Waals surface area contributed by atoms with E-state index in [1.54, 1.807) is 0 Å². The molecule has 0 aromatic rings. The minimum Gasteiger partial charge on any atom is -0.296 e. The maximum Gasteiger partial charge on any atom is 0.549 e. The van der Waals surface area contributed by atoms with E-state index in [4.69, 9.17) is 9.46 Å². The van der Waals surface area contributed by atoms with Gasteiger partial charge < -0.3 is 0 Å². The lowest BCUT2D eigenvalue weighted by molar-refractivity contribution is 0.376. The zero-order valence-corrected chi connectivity index (χ0v) is 5.21. The van der Waals surface area contributed by atoms with Crippen LogP contribution in [0.4, 0.5) is 16.8 Å². The van der Waals surface area contributed by atoms with Crippen LogP contribution >= 0.6 is 17.2 Å². The van der Waals surface area contributed by atoms with E-state index in [0.29, 0.717) is 0 Å². The third-order valence-electron chi connectivity index (χ3n) is 0. The van der Waals surface area contributed by atoms with Gasteiger partial charge in [-0.15, -0.1) is 8.39 Å². The van der Waals surface area contributed by atoms with Crippen molar-refractivity contribution in [2.45, 2.75) is 0 Å². The molecule has 0 aliphatic heterocycles. The van der Waals surface area contributed by atoms with Gasteiger partial charge in [-0.25, -0.2) is 4.57 Å². The van der Waals surface area contributed by atoms with Crippen molar-refractivity contribution >= 4 is 17.2 Å². The van der Waals surface area contributed by atoms with Crippen LogP contribution in [-0.4, -0.2) is 4.89 Å². The maximum absolute atomic E-state index is 10.1. The quantitative estimate of drug-likeness (QED) is 0.450. The lowest BCUT2D eigenvalue weighted by Gasteiger charge is -1.73. The summed E-state index contributed by atoms with van der Waals surface area (Å²) in [5.74, 6) is 0. The van der Waals surface area contributed by atoms with E-state index in [9.17, 15) is 16.8 Å². The highest BCUT2D eigenvalue weighted by Crippen LogP contribution is 2.43. The van der Waals surface area contributed by atoms with Gasteiger partial charge in [-0.3, -0.25) is 4.89 Å². The molecule has 0 heterocycles. The molecule has 0 unspecified atom stereocenters. The van der Waals surface area contributed by atoms with Crippen LogP contribution < -0.4 is 0 Å². The van der Waals surface area contributed by atoms with Gasteiger partial charge >= 0.3 is 7.99 Å². The molecule has 0 aliphatic rings. The van der Waals surface area contributed by atoms with E-state index in [1.807, 2.05) is 0 Å². The molecule has 0 atom stereocenters. The first-order chi connectivity index (χ1) is 3.41. The minimum atomic E-state index is -5.64. The van der Waals surface area contributed by atoms with Crippen molar-refractivity contribution < 1.29 is 26.2 Å². The second kappa shape index (κ2) is 5.48. The van der Waals surface area contributed by atoms with E-state index in [0.717, 1.165) is 0 Å². The third kappa shape index (κ3) is 1560. The SMILES string of the molecule is FPF.O=P(O)(F)F. The smallest absolute Gasteiger partial charge is 0.296 e. The number of hydrogen-bond acceptors (Lipinski definition) is 1. The molecule has 8 heavy (non-hydrogen) atoms. The lowest BCUT2D eigenvalue weighted by atomic mass is 15.9. The minimum absolute atomic E-state index is 1.92. The van der Waals surface area contributed by atoms with Crippen molar-refractivity contribution in [1.82, 2.24) is 0 Å². The number of halogens is 4. The van der Waals surface area contributed by atoms with Gasteiger partial charge in [0.05, 0.1) is 0 Å². The standard InChI is InChI=1S/F2HO2P.F2HP/c1-5(2,3)4;1-3-2/h(H,3,4);3H. The number of rotatable bonds is 0. The molecule has 0 bridgehead atoms. The van der Waals surface area contributed by atoms with E-state index in [1.165, 1.54) is 0 Å². The average Bonchev–Trinajstić information content (AvgIpc) is 1.27. The Kier molecular flexibility index (Phi) is 7.65. The van der Waals surface area contributed by atoms with Crippen molar-refractivity contribution in [3.05, 3.63) is 0 Å². The van der Waals surface area contributed by atoms with Crippen LogP contribution in [0.1, 0.15) is 0 Å². The highest BCUT2D eigenvalue weighted by Gasteiger charge is 2.09. The molecule has 0 saturated heterocycles. The van der Waals surface area contributed by atoms with Gasteiger partial charge in [-0.1, -0.05) is 0 Å². The predicted molar refractivity (Wildman–Crippen MR) is 22.6 cm³/mol. The third-order valence-corrected chi connectivity index (χ3v) is 0. The fourth-order valence-electron chi connectivity index (χ4n) is 0. The predicted octanol–water partition coefficient (Wildman–Crippen LogP) is 2.46. The van der Waals surface area contributed by atoms with E-state index >= 15 is 0 Å². The summed E-state index contributed by atoms with van der Waals surface area (Å²) in [6.45, 7) is 0. The van der Waals surface area contributed by atoms with E-state index < -0.39 is 17.2 Å². The van der Waals surface area contributed by atoms with Crippen LogP contribution in [-0.2, 0) is 4.57 Å². The molecule has 0 radical (unpaired) electrons. The largest absolute Gasteiger partial charge is 0.549 e. The molecule has 0 aromatic heterocycles. The molecular formula is H2F4O2P2. The molecule has 0 fully saturated rings. The van der Waals surface area contributed by atoms with Crippen LogP contribution in [0, 0.1) is 0 Å². The zero-order chi connectivity index (χ0) is 7.21. The summed E-state index contributed by atoms with van der Waals surface area (Å²) in [7, 11) is -7.56. The summed E-state index contributed by atoms with van der Waals surface area (Å²) in [6, 6.07) is 0. The molecule has 0 aromatic carbocycles. The molecule has 1 N–H and O–H groups in total. The van der Waals surface area contributed by atoms with Crippen LogP contribution in [0.3, 0.4) is 0 Å². The molecule has 0 amide bonds. The van der Waals surface area contributed by atoms with E-state index in [2.05, 4.69) is 0 Å². The second-order valence-electron chi connectivity index (χ2n) is 0.506. The maximum atomic E-state index is 10.1. The van der Waals surface area contributed by atoms with Gasteiger partial charge in [0.1, 0.15) is 0 Å². The van der Waals surface area contributed by atoms with Crippen molar-refractivity contribution in [2.24, 2.45) is 0 Å². The first kappa shape index (κ1) is 11.2. The summed E-state index contributed by atoms with van der Waals surface area (Å²) in [5, 5.41) is 0. The fourth-order valence-corrected chi connectivity index (χ4v) is 0. The average molecular weight is 172 g/mol. The monoisotopic (exact) mass is 172 g/mol. The fraction of sp³-hybridized carbons (Fsp3) is 0. The van der Waals surface area contributed by atoms with Gasteiger partial charge in [0, 0.05) is 0 Å². The molecule has 0 spiro atoms. The van der Waals surface area contributed by atoms with Crippen molar-refractivity contribution in [1.29, 1.82) is 0 Å². The Balaban J connectivity index is 0. The first-order valence-electron chi connectivity index (χ1n) is 1.10. The van der Waals surface area contributed by atoms with Crippen LogP contribution in [0.15, 0.2) is 0 Å². The first-order valence-corrected chi connectivity index (χ1v) is 3.30.